The van der Waals surface area contributed by atoms with Crippen LogP contribution in [0.4, 0.5) is 0 Å². The number of thiazole rings is 1. The van der Waals surface area contributed by atoms with E-state index in [4.69, 9.17) is 0 Å². The highest BCUT2D eigenvalue weighted by molar-refractivity contribution is 7.90. The van der Waals surface area contributed by atoms with E-state index in [1.807, 2.05) is 30.5 Å². The smallest absolute Gasteiger partial charge is 0.285 e. The van der Waals surface area contributed by atoms with Gasteiger partial charge in [-0.25, -0.2) is 0 Å². The van der Waals surface area contributed by atoms with Crippen molar-refractivity contribution in [1.29, 1.82) is 0 Å². The summed E-state index contributed by atoms with van der Waals surface area (Å²) in [5.74, 6) is 0. The number of nitrogens with zero attached hydrogens (tertiary/aromatic N) is 2. The normalized spacial score (nSPS) is 16.4. The highest BCUT2D eigenvalue weighted by atomic mass is 32.2. The molecule has 1 aromatic heterocycles. The minimum absolute atomic E-state index is 0.239. The Morgan fingerprint density at radius 2 is 1.64 bits per heavy atom. The molecular formula is C22H24N2O2S2. The van der Waals surface area contributed by atoms with E-state index < -0.39 is 10.0 Å². The minimum Gasteiger partial charge on any atom is -0.313 e. The second kappa shape index (κ2) is 8.05. The molecule has 1 aliphatic carbocycles. The summed E-state index contributed by atoms with van der Waals surface area (Å²) in [6.07, 6.45) is 5.72. The molecule has 1 heterocycles. The van der Waals surface area contributed by atoms with E-state index in [9.17, 15) is 8.42 Å². The largest absolute Gasteiger partial charge is 0.313 e. The molecule has 0 unspecified atom stereocenters. The van der Waals surface area contributed by atoms with Gasteiger partial charge in [-0.1, -0.05) is 67.3 Å². The quantitative estimate of drug-likeness (QED) is 0.582. The fraction of sp³-hybridized carbons (Fsp3) is 0.318. The molecule has 3 aromatic rings. The molecule has 0 bridgehead atoms. The van der Waals surface area contributed by atoms with E-state index in [1.165, 1.54) is 30.6 Å². The summed E-state index contributed by atoms with van der Waals surface area (Å²) in [6.45, 7) is 1.94. The van der Waals surface area contributed by atoms with Crippen LogP contribution in [0.5, 0.6) is 0 Å². The summed E-state index contributed by atoms with van der Waals surface area (Å²) in [5.41, 5.74) is 3.17. The van der Waals surface area contributed by atoms with Crippen LogP contribution in [0, 0.1) is 6.92 Å². The first-order chi connectivity index (χ1) is 13.5. The Bertz CT molecular complexity index is 1110. The van der Waals surface area contributed by atoms with E-state index in [1.54, 1.807) is 24.3 Å². The first-order valence-corrected chi connectivity index (χ1v) is 12.0. The van der Waals surface area contributed by atoms with Crippen molar-refractivity contribution in [3.63, 3.8) is 0 Å². The van der Waals surface area contributed by atoms with Gasteiger partial charge in [0.1, 0.15) is 0 Å². The zero-order chi connectivity index (χ0) is 19.6. The Morgan fingerprint density at radius 1 is 0.964 bits per heavy atom. The van der Waals surface area contributed by atoms with Crippen LogP contribution in [0.3, 0.4) is 0 Å². The van der Waals surface area contributed by atoms with Crippen LogP contribution in [0.15, 0.2) is 69.3 Å². The molecule has 1 saturated carbocycles. The lowest BCUT2D eigenvalue weighted by atomic mass is 9.95. The lowest BCUT2D eigenvalue weighted by Gasteiger charge is -2.25. The summed E-state index contributed by atoms with van der Waals surface area (Å²) in [7, 11) is -3.75. The third-order valence-electron chi connectivity index (χ3n) is 5.27. The summed E-state index contributed by atoms with van der Waals surface area (Å²) < 4.78 is 32.3. The van der Waals surface area contributed by atoms with Crippen molar-refractivity contribution in [1.82, 2.24) is 4.57 Å². The fourth-order valence-electron chi connectivity index (χ4n) is 3.76. The van der Waals surface area contributed by atoms with Crippen molar-refractivity contribution in [3.8, 4) is 11.3 Å². The average molecular weight is 413 g/mol. The number of rotatable bonds is 4. The molecule has 1 aliphatic rings. The van der Waals surface area contributed by atoms with Crippen LogP contribution in [-0.2, 0) is 10.0 Å². The molecule has 4 rings (SSSR count). The molecule has 146 valence electrons. The maximum absolute atomic E-state index is 12.9. The number of aryl methyl sites for hydroxylation is 1. The maximum atomic E-state index is 12.9. The van der Waals surface area contributed by atoms with Crippen molar-refractivity contribution in [2.45, 2.75) is 50.0 Å². The third-order valence-corrected chi connectivity index (χ3v) is 7.50. The highest BCUT2D eigenvalue weighted by Gasteiger charge is 2.22. The van der Waals surface area contributed by atoms with Gasteiger partial charge in [0, 0.05) is 11.4 Å². The predicted molar refractivity (Wildman–Crippen MR) is 114 cm³/mol. The molecule has 0 radical (unpaired) electrons. The van der Waals surface area contributed by atoms with Crippen molar-refractivity contribution in [3.05, 3.63) is 70.3 Å². The molecule has 0 amide bonds. The first-order valence-electron chi connectivity index (χ1n) is 9.68. The second-order valence-electron chi connectivity index (χ2n) is 7.31. The molecule has 0 N–H and O–H groups in total. The summed E-state index contributed by atoms with van der Waals surface area (Å²) in [4.78, 5) is 0.800. The summed E-state index contributed by atoms with van der Waals surface area (Å²) in [6, 6.07) is 17.3. The van der Waals surface area contributed by atoms with Gasteiger partial charge in [-0.05, 0) is 37.5 Å². The third kappa shape index (κ3) is 3.98. The number of hydrogen-bond acceptors (Lipinski definition) is 3. The average Bonchev–Trinajstić information content (AvgIpc) is 3.12. The fourth-order valence-corrected chi connectivity index (χ4v) is 5.94. The lowest BCUT2D eigenvalue weighted by Crippen LogP contribution is -2.25. The van der Waals surface area contributed by atoms with Crippen LogP contribution in [0.2, 0.25) is 0 Å². The first kappa shape index (κ1) is 19.2. The predicted octanol–water partition coefficient (Wildman–Crippen LogP) is 5.32. The molecule has 0 spiro atoms. The Morgan fingerprint density at radius 3 is 2.32 bits per heavy atom. The zero-order valence-electron chi connectivity index (χ0n) is 15.9. The second-order valence-corrected chi connectivity index (χ2v) is 9.75. The number of benzene rings is 2. The Kier molecular flexibility index (Phi) is 5.51. The van der Waals surface area contributed by atoms with Gasteiger partial charge in [0.15, 0.2) is 0 Å². The van der Waals surface area contributed by atoms with Crippen LogP contribution in [0.25, 0.3) is 11.3 Å². The number of aromatic nitrogens is 1. The van der Waals surface area contributed by atoms with E-state index in [0.717, 1.165) is 29.7 Å². The van der Waals surface area contributed by atoms with E-state index in [-0.39, 0.29) is 4.90 Å². The maximum Gasteiger partial charge on any atom is 0.285 e. The topological polar surface area (TPSA) is 51.4 Å². The van der Waals surface area contributed by atoms with Crippen molar-refractivity contribution in [2.75, 3.05) is 0 Å². The SMILES string of the molecule is Cc1ccc(S(=O)(=O)/N=c2/scc(-c3ccccc3)n2C2CCCCC2)cc1. The molecule has 2 aromatic carbocycles. The van der Waals surface area contributed by atoms with Gasteiger partial charge in [-0.2, -0.15) is 8.42 Å². The molecule has 1 fully saturated rings. The van der Waals surface area contributed by atoms with Crippen molar-refractivity contribution >= 4 is 21.4 Å². The Labute approximate surface area is 170 Å². The molecule has 28 heavy (non-hydrogen) atoms. The lowest BCUT2D eigenvalue weighted by molar-refractivity contribution is 0.351. The van der Waals surface area contributed by atoms with Gasteiger partial charge in [-0.3, -0.25) is 0 Å². The molecule has 0 aliphatic heterocycles. The van der Waals surface area contributed by atoms with Crippen LogP contribution >= 0.6 is 11.3 Å². The van der Waals surface area contributed by atoms with Gasteiger partial charge in [0.2, 0.25) is 4.80 Å². The number of sulfonamides is 1. The number of hydrogen-bond donors (Lipinski definition) is 0. The van der Waals surface area contributed by atoms with E-state index >= 15 is 0 Å². The van der Waals surface area contributed by atoms with Crippen molar-refractivity contribution < 1.29 is 8.42 Å². The van der Waals surface area contributed by atoms with E-state index in [2.05, 4.69) is 21.1 Å². The molecular weight excluding hydrogens is 388 g/mol. The van der Waals surface area contributed by atoms with Gasteiger partial charge < -0.3 is 4.57 Å². The van der Waals surface area contributed by atoms with Crippen LogP contribution < -0.4 is 4.80 Å². The molecule has 6 heteroatoms. The Hall–Kier alpha value is -2.18. The van der Waals surface area contributed by atoms with Gasteiger partial charge in [0.05, 0.1) is 10.6 Å². The molecule has 0 atom stereocenters. The molecule has 0 saturated heterocycles. The van der Waals surface area contributed by atoms with Crippen LogP contribution in [0.1, 0.15) is 43.7 Å². The zero-order valence-corrected chi connectivity index (χ0v) is 17.5. The highest BCUT2D eigenvalue weighted by Crippen LogP contribution is 2.32. The van der Waals surface area contributed by atoms with Gasteiger partial charge in [-0.15, -0.1) is 15.7 Å². The monoisotopic (exact) mass is 412 g/mol. The van der Waals surface area contributed by atoms with Crippen LogP contribution in [-0.4, -0.2) is 13.0 Å². The summed E-state index contributed by atoms with van der Waals surface area (Å²) in [5, 5.41) is 2.04. The standard InChI is InChI=1S/C22H24N2O2S2/c1-17-12-14-20(15-13-17)28(25,26)23-22-24(19-10-6-3-7-11-19)21(16-27-22)18-8-4-2-5-9-18/h2,4-5,8-9,12-16,19H,3,6-7,10-11H2,1H3/b23-22+. The molecule has 4 nitrogen and oxygen atoms in total. The van der Waals surface area contributed by atoms with Gasteiger partial charge >= 0.3 is 0 Å². The minimum atomic E-state index is -3.75. The van der Waals surface area contributed by atoms with Gasteiger partial charge in [0.25, 0.3) is 10.0 Å². The van der Waals surface area contributed by atoms with Crippen molar-refractivity contribution in [2.24, 2.45) is 4.40 Å². The van der Waals surface area contributed by atoms with E-state index in [0.29, 0.717) is 10.8 Å². The Balaban J connectivity index is 1.85. The summed E-state index contributed by atoms with van der Waals surface area (Å²) >= 11 is 1.41.